The Morgan fingerprint density at radius 1 is 1.19 bits per heavy atom. The van der Waals surface area contributed by atoms with Crippen LogP contribution in [0.1, 0.15) is 29.8 Å². The number of amides is 1. The fourth-order valence-corrected chi connectivity index (χ4v) is 3.28. The number of carbonyl (C=O) groups excluding carboxylic acids is 1. The molecule has 0 spiro atoms. The third-order valence-corrected chi connectivity index (χ3v) is 4.47. The summed E-state index contributed by atoms with van der Waals surface area (Å²) in [7, 11) is 0. The summed E-state index contributed by atoms with van der Waals surface area (Å²) in [5.74, 6) is -0.213. The van der Waals surface area contributed by atoms with Crippen molar-refractivity contribution in [2.45, 2.75) is 32.6 Å². The van der Waals surface area contributed by atoms with Crippen molar-refractivity contribution in [2.24, 2.45) is 0 Å². The van der Waals surface area contributed by atoms with Gasteiger partial charge in [-0.15, -0.1) is 0 Å². The molecule has 0 radical (unpaired) electrons. The van der Waals surface area contributed by atoms with Gasteiger partial charge in [-0.25, -0.2) is 0 Å². The van der Waals surface area contributed by atoms with E-state index in [1.54, 1.807) is 17.0 Å². The molecule has 0 aromatic heterocycles. The zero-order valence-electron chi connectivity index (χ0n) is 15.4. The first-order valence-corrected chi connectivity index (χ1v) is 8.95. The van der Waals surface area contributed by atoms with Crippen LogP contribution >= 0.6 is 0 Å². The quantitative estimate of drug-likeness (QED) is 0.644. The summed E-state index contributed by atoms with van der Waals surface area (Å²) in [6.45, 7) is 5.24. The number of hydrogen-bond acceptors (Lipinski definition) is 5. The van der Waals surface area contributed by atoms with Gasteiger partial charge in [0, 0.05) is 31.3 Å². The van der Waals surface area contributed by atoms with E-state index in [4.69, 9.17) is 4.74 Å². The van der Waals surface area contributed by atoms with E-state index in [1.807, 2.05) is 44.2 Å². The van der Waals surface area contributed by atoms with Gasteiger partial charge < -0.3 is 15.0 Å². The number of rotatable bonds is 5. The van der Waals surface area contributed by atoms with Crippen LogP contribution in [0.2, 0.25) is 0 Å². The van der Waals surface area contributed by atoms with Gasteiger partial charge in [0.1, 0.15) is 5.69 Å². The zero-order chi connectivity index (χ0) is 19.4. The van der Waals surface area contributed by atoms with Crippen LogP contribution in [-0.4, -0.2) is 41.0 Å². The minimum Gasteiger partial charge on any atom is -0.375 e. The van der Waals surface area contributed by atoms with Crippen LogP contribution in [0.4, 0.5) is 11.4 Å². The van der Waals surface area contributed by atoms with Crippen LogP contribution < -0.4 is 5.32 Å². The number of nitrogens with one attached hydrogen (secondary N) is 1. The van der Waals surface area contributed by atoms with Crippen LogP contribution in [0.5, 0.6) is 0 Å². The number of anilines is 1. The van der Waals surface area contributed by atoms with Crippen molar-refractivity contribution in [3.05, 3.63) is 69.8 Å². The molecule has 7 nitrogen and oxygen atoms in total. The van der Waals surface area contributed by atoms with Gasteiger partial charge in [-0.3, -0.25) is 14.9 Å². The second-order valence-electron chi connectivity index (χ2n) is 6.80. The fraction of sp³-hybridized carbons (Fsp3) is 0.350. The number of benzene rings is 2. The molecule has 1 aliphatic rings. The molecule has 1 saturated heterocycles. The summed E-state index contributed by atoms with van der Waals surface area (Å²) in [5.41, 5.74) is 1.62. The smallest absolute Gasteiger partial charge is 0.293 e. The molecule has 2 aromatic carbocycles. The molecule has 7 heteroatoms. The van der Waals surface area contributed by atoms with Crippen molar-refractivity contribution in [2.75, 3.05) is 18.4 Å². The van der Waals surface area contributed by atoms with Crippen LogP contribution in [0.25, 0.3) is 0 Å². The van der Waals surface area contributed by atoms with Crippen molar-refractivity contribution >= 4 is 17.3 Å². The van der Waals surface area contributed by atoms with Gasteiger partial charge >= 0.3 is 0 Å². The second kappa shape index (κ2) is 8.18. The number of nitro benzene ring substituents is 1. The van der Waals surface area contributed by atoms with Crippen molar-refractivity contribution in [3.63, 3.8) is 0 Å². The van der Waals surface area contributed by atoms with E-state index in [9.17, 15) is 14.9 Å². The largest absolute Gasteiger partial charge is 0.375 e. The lowest BCUT2D eigenvalue weighted by Gasteiger charge is -2.35. The Morgan fingerprint density at radius 2 is 1.85 bits per heavy atom. The number of ether oxygens (including phenoxy) is 1. The minimum absolute atomic E-state index is 0.0560. The Balaban J connectivity index is 1.78. The van der Waals surface area contributed by atoms with Crippen molar-refractivity contribution in [1.29, 1.82) is 0 Å². The van der Waals surface area contributed by atoms with Crippen molar-refractivity contribution in [1.82, 2.24) is 4.90 Å². The van der Waals surface area contributed by atoms with Crippen molar-refractivity contribution in [3.8, 4) is 0 Å². The Bertz CT molecular complexity index is 815. The molecule has 2 atom stereocenters. The highest BCUT2D eigenvalue weighted by Gasteiger charge is 2.28. The first-order chi connectivity index (χ1) is 12.9. The lowest BCUT2D eigenvalue weighted by atomic mass is 10.1. The first-order valence-electron chi connectivity index (χ1n) is 8.95. The molecule has 1 aliphatic heterocycles. The summed E-state index contributed by atoms with van der Waals surface area (Å²) < 4.78 is 5.65. The normalized spacial score (nSPS) is 19.6. The molecule has 0 unspecified atom stereocenters. The molecule has 1 N–H and O–H groups in total. The van der Waals surface area contributed by atoms with Crippen LogP contribution in [0, 0.1) is 10.1 Å². The molecule has 142 valence electrons. The van der Waals surface area contributed by atoms with Crippen LogP contribution in [0.3, 0.4) is 0 Å². The predicted octanol–water partition coefficient (Wildman–Crippen LogP) is 3.46. The summed E-state index contributed by atoms with van der Waals surface area (Å²) in [4.78, 5) is 25.5. The van der Waals surface area contributed by atoms with E-state index >= 15 is 0 Å². The number of morpholine rings is 1. The summed E-state index contributed by atoms with van der Waals surface area (Å²) in [5, 5.41) is 14.6. The van der Waals surface area contributed by atoms with Gasteiger partial charge in [-0.05, 0) is 31.5 Å². The molecule has 1 heterocycles. The highest BCUT2D eigenvalue weighted by Crippen LogP contribution is 2.27. The van der Waals surface area contributed by atoms with Crippen molar-refractivity contribution < 1.29 is 14.5 Å². The molecule has 1 amide bonds. The predicted molar refractivity (Wildman–Crippen MR) is 103 cm³/mol. The molecular weight excluding hydrogens is 346 g/mol. The maximum absolute atomic E-state index is 12.8. The Kier molecular flexibility index (Phi) is 5.71. The maximum Gasteiger partial charge on any atom is 0.293 e. The molecule has 1 fully saturated rings. The number of nitrogens with zero attached hydrogens (tertiary/aromatic N) is 2. The first kappa shape index (κ1) is 18.8. The highest BCUT2D eigenvalue weighted by molar-refractivity contribution is 5.95. The number of nitro groups is 1. The van der Waals surface area contributed by atoms with Gasteiger partial charge in [0.2, 0.25) is 0 Å². The molecule has 0 saturated carbocycles. The molecular formula is C20H23N3O4. The van der Waals surface area contributed by atoms with E-state index in [1.165, 1.54) is 6.07 Å². The molecule has 2 aromatic rings. The SMILES string of the molecule is C[C@@H]1CN(C(=O)c2ccc(NCc3ccccc3)c([N+](=O)[O-])c2)C[C@@H](C)O1. The van der Waals surface area contributed by atoms with E-state index < -0.39 is 4.92 Å². The van der Waals surface area contributed by atoms with Gasteiger partial charge in [-0.2, -0.15) is 0 Å². The third-order valence-electron chi connectivity index (χ3n) is 4.47. The lowest BCUT2D eigenvalue weighted by molar-refractivity contribution is -0.384. The topological polar surface area (TPSA) is 84.7 Å². The highest BCUT2D eigenvalue weighted by atomic mass is 16.6. The molecule has 0 aliphatic carbocycles. The van der Waals surface area contributed by atoms with Gasteiger partial charge in [0.25, 0.3) is 11.6 Å². The van der Waals surface area contributed by atoms with Crippen LogP contribution in [-0.2, 0) is 11.3 Å². The maximum atomic E-state index is 12.8. The number of hydrogen-bond donors (Lipinski definition) is 1. The lowest BCUT2D eigenvalue weighted by Crippen LogP contribution is -2.48. The minimum atomic E-state index is -0.464. The third kappa shape index (κ3) is 4.62. The Hall–Kier alpha value is -2.93. The molecule has 0 bridgehead atoms. The Morgan fingerprint density at radius 3 is 2.48 bits per heavy atom. The average molecular weight is 369 g/mol. The van der Waals surface area contributed by atoms with E-state index in [0.717, 1.165) is 5.56 Å². The molecule has 27 heavy (non-hydrogen) atoms. The number of carbonyl (C=O) groups is 1. The second-order valence-corrected chi connectivity index (χ2v) is 6.80. The van der Waals surface area contributed by atoms with E-state index in [-0.39, 0.29) is 23.8 Å². The van der Waals surface area contributed by atoms with Gasteiger partial charge in [0.05, 0.1) is 17.1 Å². The van der Waals surface area contributed by atoms with Gasteiger partial charge in [0.15, 0.2) is 0 Å². The van der Waals surface area contributed by atoms with E-state index in [0.29, 0.717) is 30.9 Å². The van der Waals surface area contributed by atoms with E-state index in [2.05, 4.69) is 5.32 Å². The van der Waals surface area contributed by atoms with Gasteiger partial charge in [-0.1, -0.05) is 30.3 Å². The standard InChI is InChI=1S/C20H23N3O4/c1-14-12-22(13-15(2)27-14)20(24)17-8-9-18(19(10-17)23(25)26)21-11-16-6-4-3-5-7-16/h3-10,14-15,21H,11-13H2,1-2H3/t14-,15-/m1/s1. The average Bonchev–Trinajstić information content (AvgIpc) is 2.65. The molecule has 3 rings (SSSR count). The summed E-state index contributed by atoms with van der Waals surface area (Å²) >= 11 is 0. The Labute approximate surface area is 158 Å². The monoisotopic (exact) mass is 369 g/mol. The zero-order valence-corrected chi connectivity index (χ0v) is 15.4. The summed E-state index contributed by atoms with van der Waals surface area (Å²) in [6, 6.07) is 14.2. The fourth-order valence-electron chi connectivity index (χ4n) is 3.28. The van der Waals surface area contributed by atoms with Crippen LogP contribution in [0.15, 0.2) is 48.5 Å². The summed E-state index contributed by atoms with van der Waals surface area (Å²) in [6.07, 6.45) is -0.112.